The van der Waals surface area contributed by atoms with E-state index in [9.17, 15) is 28.8 Å². The molecule has 0 aromatic heterocycles. The van der Waals surface area contributed by atoms with Crippen LogP contribution in [-0.4, -0.2) is 34.7 Å². The highest BCUT2D eigenvalue weighted by atomic mass is 16.1. The fourth-order valence-corrected chi connectivity index (χ4v) is 1.21. The molecule has 0 aliphatic heterocycles. The number of carbonyl (C=O) groups excluding carboxylic acids is 6. The van der Waals surface area contributed by atoms with Crippen molar-refractivity contribution in [1.29, 1.82) is 0 Å². The lowest BCUT2D eigenvalue weighted by Crippen LogP contribution is -2.03. The first-order valence-electron chi connectivity index (χ1n) is 12.7. The van der Waals surface area contributed by atoms with Gasteiger partial charge in [0.05, 0.1) is 0 Å². The molecule has 0 radical (unpaired) electrons. The standard InChI is InChI=1S/2C6H12O.2C5H10O.C4H8O.C3H6O.3CH4/c1-5(2)4-6(3)7;1-4-5(2)6(3)7;1-4(2)5(3)6;1-3-4-5(2)6;1-3-4(2)5;1-3(2)4;;;/h2*5H,4H2,1-3H3;4H,1-3H3;3-4H2,1-2H3;3H2,1-2H3;1-2H3;3*1H4. The monoisotopic (exact) mass is 551 g/mol. The van der Waals surface area contributed by atoms with Crippen LogP contribution < -0.4 is 0 Å². The lowest BCUT2D eigenvalue weighted by atomic mass is 10.1. The van der Waals surface area contributed by atoms with Crippen molar-refractivity contribution in [2.45, 2.75) is 158 Å². The maximum atomic E-state index is 10.4. The summed E-state index contributed by atoms with van der Waals surface area (Å²) in [5, 5.41) is 0. The van der Waals surface area contributed by atoms with E-state index in [0.29, 0.717) is 18.1 Å². The van der Waals surface area contributed by atoms with E-state index < -0.39 is 0 Å². The minimum Gasteiger partial charge on any atom is -0.300 e. The van der Waals surface area contributed by atoms with Crippen molar-refractivity contribution in [3.8, 4) is 0 Å². The molecule has 0 spiro atoms. The number of hydrogen-bond acceptors (Lipinski definition) is 6. The van der Waals surface area contributed by atoms with Gasteiger partial charge in [0.15, 0.2) is 0 Å². The molecule has 0 aliphatic rings. The summed E-state index contributed by atoms with van der Waals surface area (Å²) >= 11 is 0. The van der Waals surface area contributed by atoms with Crippen LogP contribution in [0.5, 0.6) is 0 Å². The number of carbonyl (C=O) groups is 6. The van der Waals surface area contributed by atoms with Gasteiger partial charge in [-0.3, -0.25) is 9.59 Å². The maximum Gasteiger partial charge on any atom is 0.132 e. The van der Waals surface area contributed by atoms with Crippen LogP contribution >= 0.6 is 0 Å². The van der Waals surface area contributed by atoms with E-state index >= 15 is 0 Å². The fraction of sp³-hybridized carbons (Fsp3) is 0.812. The molecule has 0 rings (SSSR count). The minimum atomic E-state index is 0. The van der Waals surface area contributed by atoms with E-state index in [0.717, 1.165) is 25.7 Å². The fourth-order valence-electron chi connectivity index (χ4n) is 1.21. The topological polar surface area (TPSA) is 102 Å². The Morgan fingerprint density at radius 3 is 0.842 bits per heavy atom. The zero-order valence-electron chi connectivity index (χ0n) is 25.7. The largest absolute Gasteiger partial charge is 0.300 e. The van der Waals surface area contributed by atoms with Gasteiger partial charge < -0.3 is 19.2 Å². The van der Waals surface area contributed by atoms with Crippen LogP contribution in [0.1, 0.15) is 158 Å². The van der Waals surface area contributed by atoms with Crippen LogP contribution in [0.2, 0.25) is 0 Å². The van der Waals surface area contributed by atoms with E-state index in [1.165, 1.54) is 13.8 Å². The lowest BCUT2D eigenvalue weighted by Gasteiger charge is -1.98. The number of ketones is 6. The molecule has 0 N–H and O–H groups in total. The Labute approximate surface area is 239 Å². The Bertz CT molecular complexity index is 556. The third-order valence-electron chi connectivity index (χ3n) is 3.92. The van der Waals surface area contributed by atoms with Crippen LogP contribution in [0.25, 0.3) is 0 Å². The Morgan fingerprint density at radius 2 is 0.842 bits per heavy atom. The molecule has 0 saturated heterocycles. The molecule has 234 valence electrons. The van der Waals surface area contributed by atoms with E-state index in [1.807, 2.05) is 55.4 Å². The van der Waals surface area contributed by atoms with Crippen LogP contribution in [0.4, 0.5) is 0 Å². The molecule has 1 unspecified atom stereocenters. The van der Waals surface area contributed by atoms with Crippen molar-refractivity contribution in [3.05, 3.63) is 0 Å². The molecule has 0 aliphatic carbocycles. The molecule has 0 aromatic carbocycles. The Morgan fingerprint density at radius 1 is 0.553 bits per heavy atom. The van der Waals surface area contributed by atoms with Crippen molar-refractivity contribution in [3.63, 3.8) is 0 Å². The van der Waals surface area contributed by atoms with E-state index in [-0.39, 0.29) is 63.0 Å². The Kier molecular flexibility index (Phi) is 71.6. The van der Waals surface area contributed by atoms with Crippen molar-refractivity contribution >= 4 is 34.7 Å². The van der Waals surface area contributed by atoms with Crippen molar-refractivity contribution in [1.82, 2.24) is 0 Å². The Balaban J connectivity index is -0.0000000377. The molecule has 0 fully saturated rings. The van der Waals surface area contributed by atoms with Crippen molar-refractivity contribution in [2.75, 3.05) is 0 Å². The first-order chi connectivity index (χ1) is 15.7. The SMILES string of the molecule is C.C.C.CC(=O)C(C)C.CC(=O)CC(C)C.CC(C)=O.CCC(C)=O.CCC(C)C(C)=O.CCCC(C)=O. The molecular weight excluding hydrogens is 480 g/mol. The van der Waals surface area contributed by atoms with Crippen LogP contribution in [-0.2, 0) is 28.8 Å². The predicted molar refractivity (Wildman–Crippen MR) is 169 cm³/mol. The van der Waals surface area contributed by atoms with E-state index in [2.05, 4.69) is 0 Å². The minimum absolute atomic E-state index is 0. The second-order valence-electron chi connectivity index (χ2n) is 9.40. The highest BCUT2D eigenvalue weighted by molar-refractivity contribution is 5.78. The summed E-state index contributed by atoms with van der Waals surface area (Å²) in [6, 6.07) is 0. The zero-order chi connectivity index (χ0) is 29.7. The number of rotatable bonds is 8. The van der Waals surface area contributed by atoms with Crippen LogP contribution in [0, 0.1) is 17.8 Å². The van der Waals surface area contributed by atoms with Gasteiger partial charge in [-0.1, -0.05) is 77.7 Å². The molecule has 0 aromatic rings. The quantitative estimate of drug-likeness (QED) is 0.298. The lowest BCUT2D eigenvalue weighted by molar-refractivity contribution is -0.120. The molecule has 1 atom stereocenters. The summed E-state index contributed by atoms with van der Waals surface area (Å²) in [6.07, 6.45) is 4.07. The third-order valence-corrected chi connectivity index (χ3v) is 3.92. The van der Waals surface area contributed by atoms with Gasteiger partial charge in [0.2, 0.25) is 0 Å². The third kappa shape index (κ3) is 128. The second-order valence-corrected chi connectivity index (χ2v) is 9.40. The van der Waals surface area contributed by atoms with Gasteiger partial charge in [-0.25, -0.2) is 0 Å². The van der Waals surface area contributed by atoms with E-state index in [4.69, 9.17) is 0 Å². The van der Waals surface area contributed by atoms with Gasteiger partial charge in [0, 0.05) is 31.1 Å². The molecule has 0 bridgehead atoms. The van der Waals surface area contributed by atoms with Crippen LogP contribution in [0.15, 0.2) is 0 Å². The highest BCUT2D eigenvalue weighted by Gasteiger charge is 2.01. The predicted octanol–water partition coefficient (Wildman–Crippen LogP) is 9.34. The average Bonchev–Trinajstić information content (AvgIpc) is 2.67. The molecule has 0 saturated carbocycles. The average molecular weight is 551 g/mol. The Hall–Kier alpha value is -1.98. The normalized spacial score (nSPS) is 8.76. The van der Waals surface area contributed by atoms with Gasteiger partial charge in [-0.2, -0.15) is 0 Å². The van der Waals surface area contributed by atoms with Gasteiger partial charge in [0.1, 0.15) is 34.7 Å². The summed E-state index contributed by atoms with van der Waals surface area (Å²) in [7, 11) is 0. The summed E-state index contributed by atoms with van der Waals surface area (Å²) in [4.78, 5) is 60.1. The maximum absolute atomic E-state index is 10.4. The highest BCUT2D eigenvalue weighted by Crippen LogP contribution is 1.99. The smallest absolute Gasteiger partial charge is 0.132 e. The summed E-state index contributed by atoms with van der Waals surface area (Å²) in [5.74, 6) is 2.55. The summed E-state index contributed by atoms with van der Waals surface area (Å²) in [5.41, 5.74) is 0. The summed E-state index contributed by atoms with van der Waals surface area (Å²) < 4.78 is 0. The first-order valence-corrected chi connectivity index (χ1v) is 12.7. The van der Waals surface area contributed by atoms with Crippen LogP contribution in [0.3, 0.4) is 0 Å². The zero-order valence-corrected chi connectivity index (χ0v) is 25.7. The first kappa shape index (κ1) is 60.5. The molecule has 6 nitrogen and oxygen atoms in total. The molecule has 0 heterocycles. The van der Waals surface area contributed by atoms with Gasteiger partial charge >= 0.3 is 0 Å². The summed E-state index contributed by atoms with van der Waals surface area (Å²) in [6.45, 7) is 26.8. The molecule has 6 heteroatoms. The van der Waals surface area contributed by atoms with Gasteiger partial charge in [-0.05, 0) is 67.2 Å². The molecule has 38 heavy (non-hydrogen) atoms. The van der Waals surface area contributed by atoms with Crippen molar-refractivity contribution < 1.29 is 28.8 Å². The van der Waals surface area contributed by atoms with Gasteiger partial charge in [0.25, 0.3) is 0 Å². The van der Waals surface area contributed by atoms with Crippen molar-refractivity contribution in [2.24, 2.45) is 17.8 Å². The number of hydrogen-bond donors (Lipinski definition) is 0. The second kappa shape index (κ2) is 45.0. The molecular formula is C32H70O6. The number of Topliss-reactive ketones (excluding diaryl/α,β-unsaturated/α-hetero) is 6. The van der Waals surface area contributed by atoms with E-state index in [1.54, 1.807) is 34.6 Å². The molecule has 0 amide bonds. The van der Waals surface area contributed by atoms with Gasteiger partial charge in [-0.15, -0.1) is 0 Å².